The van der Waals surface area contributed by atoms with E-state index in [-0.39, 0.29) is 42.4 Å². The van der Waals surface area contributed by atoms with E-state index in [0.29, 0.717) is 25.8 Å². The first kappa shape index (κ1) is 42.6. The zero-order chi connectivity index (χ0) is 37.9. The van der Waals surface area contributed by atoms with Gasteiger partial charge in [0.15, 0.2) is 0 Å². The molecule has 0 aliphatic carbocycles. The van der Waals surface area contributed by atoms with E-state index >= 15 is 0 Å². The molecular weight excluding hydrogens is 642 g/mol. The summed E-state index contributed by atoms with van der Waals surface area (Å²) in [5.41, 5.74) is 0.737. The number of carboxylic acids is 1. The number of hydrogen-bond donors (Lipinski definition) is 6. The highest BCUT2D eigenvalue weighted by Gasteiger charge is 2.42. The van der Waals surface area contributed by atoms with Crippen molar-refractivity contribution in [3.63, 3.8) is 0 Å². The molecule has 1 fully saturated rings. The average Bonchev–Trinajstić information content (AvgIpc) is 3.56. The molecule has 1 aliphatic rings. The van der Waals surface area contributed by atoms with Crippen molar-refractivity contribution >= 4 is 29.6 Å². The SMILES string of the molecule is CC[C@H](C)[C@@H]([C@H](O)CC(=O)N1CCC[C@H]1[C@H](O)[C@@H](C)C(=O)N[C@@H](Cc1ccccc1)C(=O)O)N(C)C(=O)[C@@H](NC(=O)[C@@H](NC)C(C)C)C(C)C. The molecule has 0 saturated carbocycles. The molecular formula is C37H61N5O8. The van der Waals surface area contributed by atoms with E-state index in [2.05, 4.69) is 16.0 Å². The number of likely N-dealkylation sites (N-methyl/N-ethyl adjacent to an activating group) is 2. The topological polar surface area (TPSA) is 189 Å². The van der Waals surface area contributed by atoms with Gasteiger partial charge in [0.25, 0.3) is 0 Å². The number of amides is 4. The molecule has 1 saturated heterocycles. The maximum absolute atomic E-state index is 13.9. The van der Waals surface area contributed by atoms with Crippen molar-refractivity contribution in [1.82, 2.24) is 25.8 Å². The summed E-state index contributed by atoms with van der Waals surface area (Å²) in [7, 11) is 3.27. The molecule has 1 heterocycles. The summed E-state index contributed by atoms with van der Waals surface area (Å²) in [5.74, 6) is -4.39. The van der Waals surface area contributed by atoms with Crippen LogP contribution < -0.4 is 16.0 Å². The van der Waals surface area contributed by atoms with Gasteiger partial charge in [-0.15, -0.1) is 0 Å². The Morgan fingerprint density at radius 2 is 1.52 bits per heavy atom. The van der Waals surface area contributed by atoms with E-state index in [1.54, 1.807) is 38.4 Å². The first-order valence-electron chi connectivity index (χ1n) is 17.9. The van der Waals surface area contributed by atoms with Crippen molar-refractivity contribution in [3.05, 3.63) is 35.9 Å². The van der Waals surface area contributed by atoms with Gasteiger partial charge in [0.2, 0.25) is 23.6 Å². The molecule has 6 N–H and O–H groups in total. The number of benzene rings is 1. The van der Waals surface area contributed by atoms with Gasteiger partial charge in [-0.05, 0) is 43.2 Å². The monoisotopic (exact) mass is 703 g/mol. The lowest BCUT2D eigenvalue weighted by Crippen LogP contribution is -2.59. The molecule has 0 radical (unpaired) electrons. The highest BCUT2D eigenvalue weighted by Crippen LogP contribution is 2.28. The lowest BCUT2D eigenvalue weighted by molar-refractivity contribution is -0.146. The number of aliphatic carboxylic acids is 1. The summed E-state index contributed by atoms with van der Waals surface area (Å²) in [6, 6.07) is 4.91. The molecule has 0 aromatic heterocycles. The van der Waals surface area contributed by atoms with Crippen molar-refractivity contribution in [1.29, 1.82) is 0 Å². The Hall–Kier alpha value is -3.55. The first-order valence-corrected chi connectivity index (χ1v) is 17.9. The Bertz CT molecular complexity index is 1280. The average molecular weight is 704 g/mol. The fourth-order valence-corrected chi connectivity index (χ4v) is 6.87. The molecule has 1 aromatic rings. The Labute approximate surface area is 297 Å². The van der Waals surface area contributed by atoms with Crippen molar-refractivity contribution < 1.29 is 39.3 Å². The maximum atomic E-state index is 13.9. The molecule has 0 unspecified atom stereocenters. The minimum atomic E-state index is -1.28. The third-order valence-corrected chi connectivity index (χ3v) is 10.1. The number of rotatable bonds is 19. The van der Waals surface area contributed by atoms with E-state index in [1.807, 2.05) is 47.6 Å². The lowest BCUT2D eigenvalue weighted by Gasteiger charge is -2.39. The molecule has 282 valence electrons. The van der Waals surface area contributed by atoms with E-state index in [0.717, 1.165) is 5.56 Å². The Morgan fingerprint density at radius 3 is 2.04 bits per heavy atom. The first-order chi connectivity index (χ1) is 23.5. The van der Waals surface area contributed by atoms with Crippen LogP contribution in [0.15, 0.2) is 30.3 Å². The lowest BCUT2D eigenvalue weighted by atomic mass is 9.89. The molecule has 1 aliphatic heterocycles. The predicted molar refractivity (Wildman–Crippen MR) is 191 cm³/mol. The van der Waals surface area contributed by atoms with Crippen LogP contribution in [-0.4, -0.2) is 118 Å². The number of likely N-dealkylation sites (tertiary alicyclic amines) is 1. The van der Waals surface area contributed by atoms with Gasteiger partial charge >= 0.3 is 5.97 Å². The van der Waals surface area contributed by atoms with Gasteiger partial charge in [0.1, 0.15) is 12.1 Å². The number of carbonyl (C=O) groups is 5. The molecule has 9 atom stereocenters. The van der Waals surface area contributed by atoms with Gasteiger partial charge < -0.3 is 41.1 Å². The van der Waals surface area contributed by atoms with Gasteiger partial charge in [-0.1, -0.05) is 85.2 Å². The second kappa shape index (κ2) is 19.7. The van der Waals surface area contributed by atoms with Crippen LogP contribution in [0.25, 0.3) is 0 Å². The molecule has 13 nitrogen and oxygen atoms in total. The number of nitrogens with one attached hydrogen (secondary N) is 3. The van der Waals surface area contributed by atoms with Crippen LogP contribution >= 0.6 is 0 Å². The van der Waals surface area contributed by atoms with Gasteiger partial charge in [-0.2, -0.15) is 0 Å². The van der Waals surface area contributed by atoms with Gasteiger partial charge in [-0.3, -0.25) is 19.2 Å². The van der Waals surface area contributed by atoms with Crippen LogP contribution in [0.2, 0.25) is 0 Å². The Morgan fingerprint density at radius 1 is 0.920 bits per heavy atom. The smallest absolute Gasteiger partial charge is 0.326 e. The van der Waals surface area contributed by atoms with Crippen LogP contribution in [0.4, 0.5) is 0 Å². The van der Waals surface area contributed by atoms with Crippen molar-refractivity contribution in [2.75, 3.05) is 20.6 Å². The minimum absolute atomic E-state index is 0.00654. The van der Waals surface area contributed by atoms with Crippen molar-refractivity contribution in [2.45, 2.75) is 123 Å². The molecule has 2 rings (SSSR count). The zero-order valence-corrected chi connectivity index (χ0v) is 31.3. The van der Waals surface area contributed by atoms with E-state index in [1.165, 1.54) is 16.7 Å². The fourth-order valence-electron chi connectivity index (χ4n) is 6.87. The summed E-state index contributed by atoms with van der Waals surface area (Å²) in [6.45, 7) is 13.1. The normalized spacial score (nSPS) is 19.5. The molecule has 50 heavy (non-hydrogen) atoms. The highest BCUT2D eigenvalue weighted by molar-refractivity contribution is 5.90. The number of aliphatic hydroxyl groups is 2. The molecule has 13 heteroatoms. The standard InChI is InChI=1S/C37H61N5O8/c1-10-23(6)32(41(9)36(48)31(22(4)5)40-35(47)30(38-8)21(2)3)28(43)20-29(44)42-18-14-17-27(42)33(45)24(7)34(46)39-26(37(49)50)19-25-15-12-11-13-16-25/h11-13,15-16,21-24,26-28,30-33,38,43,45H,10,14,17-20H2,1-9H3,(H,39,46)(H,40,47)(H,49,50)/t23-,24+,26-,27-,28+,30-,31-,32-,33+/m0/s1. The molecule has 1 aromatic carbocycles. The number of carbonyl (C=O) groups excluding carboxylic acids is 4. The zero-order valence-electron chi connectivity index (χ0n) is 31.3. The number of carboxylic acid groups (broad SMARTS) is 1. The van der Waals surface area contributed by atoms with Gasteiger partial charge in [0, 0.05) is 20.0 Å². The van der Waals surface area contributed by atoms with E-state index in [9.17, 15) is 39.3 Å². The van der Waals surface area contributed by atoms with Gasteiger partial charge in [-0.25, -0.2) is 4.79 Å². The van der Waals surface area contributed by atoms with Gasteiger partial charge in [0.05, 0.1) is 42.7 Å². The highest BCUT2D eigenvalue weighted by atomic mass is 16.4. The summed E-state index contributed by atoms with van der Waals surface area (Å²) in [4.78, 5) is 68.7. The summed E-state index contributed by atoms with van der Waals surface area (Å²) in [6.07, 6.45) is -1.14. The summed E-state index contributed by atoms with van der Waals surface area (Å²) >= 11 is 0. The third kappa shape index (κ3) is 11.2. The number of aliphatic hydroxyl groups excluding tert-OH is 2. The summed E-state index contributed by atoms with van der Waals surface area (Å²) < 4.78 is 0. The fraction of sp³-hybridized carbons (Fsp3) is 0.703. The second-order valence-corrected chi connectivity index (χ2v) is 14.5. The molecule has 4 amide bonds. The van der Waals surface area contributed by atoms with Crippen molar-refractivity contribution in [2.24, 2.45) is 23.7 Å². The molecule has 0 bridgehead atoms. The summed E-state index contributed by atoms with van der Waals surface area (Å²) in [5, 5.41) is 41.0. The van der Waals surface area contributed by atoms with Crippen LogP contribution in [0, 0.1) is 23.7 Å². The molecule has 0 spiro atoms. The third-order valence-electron chi connectivity index (χ3n) is 10.1. The number of nitrogens with zero attached hydrogens (tertiary/aromatic N) is 2. The minimum Gasteiger partial charge on any atom is -0.480 e. The quantitative estimate of drug-likeness (QED) is 0.125. The van der Waals surface area contributed by atoms with Crippen LogP contribution in [0.5, 0.6) is 0 Å². The Balaban J connectivity index is 2.17. The maximum Gasteiger partial charge on any atom is 0.326 e. The largest absolute Gasteiger partial charge is 0.480 e. The Kier molecular flexibility index (Phi) is 16.8. The van der Waals surface area contributed by atoms with E-state index in [4.69, 9.17) is 0 Å². The predicted octanol–water partition coefficient (Wildman–Crippen LogP) is 1.80. The van der Waals surface area contributed by atoms with Crippen molar-refractivity contribution in [3.8, 4) is 0 Å². The number of hydrogen-bond acceptors (Lipinski definition) is 8. The van der Waals surface area contributed by atoms with Crippen LogP contribution in [0.1, 0.15) is 79.7 Å². The second-order valence-electron chi connectivity index (χ2n) is 14.5. The van der Waals surface area contributed by atoms with Crippen LogP contribution in [-0.2, 0) is 30.4 Å². The van der Waals surface area contributed by atoms with E-state index < -0.39 is 66.1 Å². The van der Waals surface area contributed by atoms with Crippen LogP contribution in [0.3, 0.4) is 0 Å².